The number of aromatic nitrogens is 1. The van der Waals surface area contributed by atoms with E-state index in [1.165, 1.54) is 44.2 Å². The first-order valence-corrected chi connectivity index (χ1v) is 7.88. The highest BCUT2D eigenvalue weighted by molar-refractivity contribution is 7.07. The van der Waals surface area contributed by atoms with Crippen molar-refractivity contribution < 1.29 is 0 Å². The molecule has 92 valence electrons. The minimum Gasteiger partial charge on any atom is -0.306 e. The predicted molar refractivity (Wildman–Crippen MR) is 69.9 cm³/mol. The Kier molecular flexibility index (Phi) is 2.34. The van der Waals surface area contributed by atoms with Crippen molar-refractivity contribution in [2.75, 3.05) is 0 Å². The lowest BCUT2D eigenvalue weighted by molar-refractivity contribution is -0.0207. The van der Waals surface area contributed by atoms with Gasteiger partial charge in [0.05, 0.1) is 11.2 Å². The summed E-state index contributed by atoms with van der Waals surface area (Å²) < 4.78 is 0. The zero-order valence-electron chi connectivity index (χ0n) is 10.2. The zero-order valence-corrected chi connectivity index (χ0v) is 11.0. The number of thiazole rings is 1. The van der Waals surface area contributed by atoms with Crippen molar-refractivity contribution >= 4 is 11.3 Å². The molecule has 0 aromatic carbocycles. The van der Waals surface area contributed by atoms with Crippen molar-refractivity contribution in [3.05, 3.63) is 16.6 Å². The van der Waals surface area contributed by atoms with E-state index in [4.69, 9.17) is 0 Å². The second-order valence-electron chi connectivity index (χ2n) is 6.53. The van der Waals surface area contributed by atoms with Crippen LogP contribution in [-0.4, -0.2) is 10.5 Å². The minimum atomic E-state index is 0.484. The van der Waals surface area contributed by atoms with Crippen LogP contribution in [0.15, 0.2) is 10.9 Å². The van der Waals surface area contributed by atoms with Gasteiger partial charge in [-0.3, -0.25) is 0 Å². The Morgan fingerprint density at radius 2 is 1.82 bits per heavy atom. The van der Waals surface area contributed by atoms with Gasteiger partial charge >= 0.3 is 0 Å². The molecule has 17 heavy (non-hydrogen) atoms. The Balaban J connectivity index is 1.49. The maximum atomic E-state index is 4.39. The monoisotopic (exact) mass is 248 g/mol. The van der Waals surface area contributed by atoms with E-state index in [2.05, 4.69) is 15.7 Å². The summed E-state index contributed by atoms with van der Waals surface area (Å²) >= 11 is 1.71. The van der Waals surface area contributed by atoms with E-state index in [1.807, 2.05) is 5.51 Å². The summed E-state index contributed by atoms with van der Waals surface area (Å²) in [5.74, 6) is 3.09. The van der Waals surface area contributed by atoms with Crippen LogP contribution >= 0.6 is 11.3 Å². The van der Waals surface area contributed by atoms with Gasteiger partial charge in [-0.05, 0) is 56.3 Å². The van der Waals surface area contributed by atoms with Crippen LogP contribution in [0.25, 0.3) is 0 Å². The van der Waals surface area contributed by atoms with E-state index >= 15 is 0 Å². The second-order valence-corrected chi connectivity index (χ2v) is 7.25. The van der Waals surface area contributed by atoms with Crippen molar-refractivity contribution in [2.45, 2.75) is 50.6 Å². The van der Waals surface area contributed by atoms with Crippen molar-refractivity contribution in [3.63, 3.8) is 0 Å². The predicted octanol–water partition coefficient (Wildman–Crippen LogP) is 3.20. The maximum Gasteiger partial charge on any atom is 0.0795 e. The van der Waals surface area contributed by atoms with Gasteiger partial charge in [0.25, 0.3) is 0 Å². The third-order valence-electron chi connectivity index (χ3n) is 5.17. The molecule has 4 fully saturated rings. The van der Waals surface area contributed by atoms with E-state index in [9.17, 15) is 0 Å². The molecule has 5 rings (SSSR count). The van der Waals surface area contributed by atoms with Gasteiger partial charge in [-0.1, -0.05) is 0 Å². The van der Waals surface area contributed by atoms with Crippen LogP contribution in [0.4, 0.5) is 0 Å². The van der Waals surface area contributed by atoms with Crippen molar-refractivity contribution in [1.82, 2.24) is 10.3 Å². The van der Waals surface area contributed by atoms with Crippen LogP contribution < -0.4 is 5.32 Å². The smallest absolute Gasteiger partial charge is 0.0795 e. The van der Waals surface area contributed by atoms with Gasteiger partial charge in [-0.2, -0.15) is 0 Å². The van der Waals surface area contributed by atoms with Crippen molar-refractivity contribution in [1.29, 1.82) is 0 Å². The molecule has 0 spiro atoms. The fraction of sp³-hybridized carbons (Fsp3) is 0.786. The number of nitrogens with one attached hydrogen (secondary N) is 1. The van der Waals surface area contributed by atoms with Crippen LogP contribution in [0.1, 0.15) is 44.2 Å². The van der Waals surface area contributed by atoms with E-state index in [0.29, 0.717) is 5.54 Å². The molecule has 0 amide bonds. The molecule has 1 aromatic heterocycles. The molecule has 1 N–H and O–H groups in total. The largest absolute Gasteiger partial charge is 0.306 e. The SMILES string of the molecule is c1nc(CNC23CC4CC(CC(C4)C2)C3)cs1. The summed E-state index contributed by atoms with van der Waals surface area (Å²) in [7, 11) is 0. The van der Waals surface area contributed by atoms with E-state index in [-0.39, 0.29) is 0 Å². The maximum absolute atomic E-state index is 4.39. The van der Waals surface area contributed by atoms with Crippen molar-refractivity contribution in [3.8, 4) is 0 Å². The quantitative estimate of drug-likeness (QED) is 0.888. The molecule has 0 unspecified atom stereocenters. The normalized spacial score (nSPS) is 43.2. The second kappa shape index (κ2) is 3.79. The molecule has 2 nitrogen and oxygen atoms in total. The van der Waals surface area contributed by atoms with E-state index < -0.39 is 0 Å². The lowest BCUT2D eigenvalue weighted by Gasteiger charge is -2.57. The molecular weight excluding hydrogens is 228 g/mol. The molecular formula is C14H20N2S. The highest BCUT2D eigenvalue weighted by atomic mass is 32.1. The summed E-state index contributed by atoms with van der Waals surface area (Å²) in [4.78, 5) is 4.39. The number of nitrogens with zero attached hydrogens (tertiary/aromatic N) is 1. The van der Waals surface area contributed by atoms with Gasteiger partial charge in [0.15, 0.2) is 0 Å². The van der Waals surface area contributed by atoms with Crippen LogP contribution in [0.5, 0.6) is 0 Å². The van der Waals surface area contributed by atoms with E-state index in [1.54, 1.807) is 11.3 Å². The third kappa shape index (κ3) is 1.84. The lowest BCUT2D eigenvalue weighted by Crippen LogP contribution is -2.58. The average molecular weight is 248 g/mol. The summed E-state index contributed by atoms with van der Waals surface area (Å²) in [5, 5.41) is 6.05. The van der Waals surface area contributed by atoms with Gasteiger partial charge in [-0.15, -0.1) is 11.3 Å². The van der Waals surface area contributed by atoms with Gasteiger partial charge in [-0.25, -0.2) is 4.98 Å². The summed E-state index contributed by atoms with van der Waals surface area (Å²) in [5.41, 5.74) is 3.65. The topological polar surface area (TPSA) is 24.9 Å². The highest BCUT2D eigenvalue weighted by Gasteiger charge is 2.50. The molecule has 4 aliphatic rings. The fourth-order valence-corrected chi connectivity index (χ4v) is 5.49. The summed E-state index contributed by atoms with van der Waals surface area (Å²) in [6.45, 7) is 0.982. The molecule has 1 aromatic rings. The molecule has 4 bridgehead atoms. The van der Waals surface area contributed by atoms with Gasteiger partial charge in [0.1, 0.15) is 0 Å². The number of rotatable bonds is 3. The molecule has 4 saturated carbocycles. The first kappa shape index (κ1) is 10.5. The first-order valence-electron chi connectivity index (χ1n) is 6.93. The third-order valence-corrected chi connectivity index (χ3v) is 5.80. The van der Waals surface area contributed by atoms with Gasteiger partial charge in [0, 0.05) is 17.5 Å². The van der Waals surface area contributed by atoms with Crippen molar-refractivity contribution in [2.24, 2.45) is 17.8 Å². The average Bonchev–Trinajstić information content (AvgIpc) is 2.77. The Morgan fingerprint density at radius 3 is 2.35 bits per heavy atom. The molecule has 0 radical (unpaired) electrons. The number of hydrogen-bond acceptors (Lipinski definition) is 3. The fourth-order valence-electron chi connectivity index (χ4n) is 4.93. The zero-order chi connectivity index (χ0) is 11.3. The van der Waals surface area contributed by atoms with Crippen LogP contribution in [0.2, 0.25) is 0 Å². The Labute approximate surface area is 107 Å². The Morgan fingerprint density at radius 1 is 1.18 bits per heavy atom. The van der Waals surface area contributed by atoms with Gasteiger partial charge in [0.2, 0.25) is 0 Å². The Bertz CT molecular complexity index is 363. The first-order chi connectivity index (χ1) is 8.31. The van der Waals surface area contributed by atoms with E-state index in [0.717, 1.165) is 24.3 Å². The molecule has 4 aliphatic carbocycles. The molecule has 1 heterocycles. The summed E-state index contributed by atoms with van der Waals surface area (Å²) in [6.07, 6.45) is 8.88. The van der Waals surface area contributed by atoms with Crippen LogP contribution in [0, 0.1) is 17.8 Å². The molecule has 0 saturated heterocycles. The van der Waals surface area contributed by atoms with Crippen LogP contribution in [-0.2, 0) is 6.54 Å². The highest BCUT2D eigenvalue weighted by Crippen LogP contribution is 2.55. The lowest BCUT2D eigenvalue weighted by atomic mass is 9.53. The molecule has 3 heteroatoms. The standard InChI is InChI=1S/C14H20N2S/c1-10-2-12-3-11(1)5-14(4-10,6-12)16-7-13-8-17-9-15-13/h8-12,16H,1-7H2. The van der Waals surface area contributed by atoms with Crippen LogP contribution in [0.3, 0.4) is 0 Å². The molecule has 0 atom stereocenters. The Hall–Kier alpha value is -0.410. The minimum absolute atomic E-state index is 0.484. The molecule has 0 aliphatic heterocycles. The summed E-state index contributed by atoms with van der Waals surface area (Å²) in [6, 6.07) is 0. The van der Waals surface area contributed by atoms with Gasteiger partial charge < -0.3 is 5.32 Å². The number of hydrogen-bond donors (Lipinski definition) is 1.